The van der Waals surface area contributed by atoms with Gasteiger partial charge in [-0.3, -0.25) is 9.59 Å². The van der Waals surface area contributed by atoms with E-state index in [9.17, 15) is 9.59 Å². The van der Waals surface area contributed by atoms with Crippen molar-refractivity contribution in [3.63, 3.8) is 0 Å². The number of nitrogens with zero attached hydrogens (tertiary/aromatic N) is 1. The van der Waals surface area contributed by atoms with Crippen LogP contribution in [0.4, 0.5) is 5.69 Å². The Morgan fingerprint density at radius 1 is 1.18 bits per heavy atom. The van der Waals surface area contributed by atoms with Crippen molar-refractivity contribution in [1.82, 2.24) is 4.90 Å². The molecular formula is C13H18N2O2. The van der Waals surface area contributed by atoms with Crippen LogP contribution in [0.1, 0.15) is 23.7 Å². The molecule has 0 heterocycles. The van der Waals surface area contributed by atoms with Gasteiger partial charge in [0, 0.05) is 31.1 Å². The third-order valence-electron chi connectivity index (χ3n) is 2.31. The highest BCUT2D eigenvalue weighted by Crippen LogP contribution is 2.11. The maximum Gasteiger partial charge on any atom is 0.221 e. The summed E-state index contributed by atoms with van der Waals surface area (Å²) in [6.45, 7) is 2.20. The number of hydrogen-bond acceptors (Lipinski definition) is 3. The van der Waals surface area contributed by atoms with Crippen LogP contribution in [0.5, 0.6) is 0 Å². The van der Waals surface area contributed by atoms with E-state index in [2.05, 4.69) is 5.32 Å². The average molecular weight is 234 g/mol. The molecule has 0 aliphatic heterocycles. The minimum absolute atomic E-state index is 0.114. The van der Waals surface area contributed by atoms with Crippen molar-refractivity contribution in [3.8, 4) is 0 Å². The molecule has 0 aliphatic rings. The van der Waals surface area contributed by atoms with Crippen LogP contribution in [0, 0.1) is 0 Å². The monoisotopic (exact) mass is 234 g/mol. The van der Waals surface area contributed by atoms with Gasteiger partial charge in [0.25, 0.3) is 0 Å². The summed E-state index contributed by atoms with van der Waals surface area (Å²) >= 11 is 0. The van der Waals surface area contributed by atoms with Crippen LogP contribution in [-0.4, -0.2) is 37.2 Å². The first-order valence-corrected chi connectivity index (χ1v) is 5.54. The van der Waals surface area contributed by atoms with Crippen LogP contribution >= 0.6 is 0 Å². The van der Waals surface area contributed by atoms with Gasteiger partial charge in [0.1, 0.15) is 0 Å². The zero-order chi connectivity index (χ0) is 12.8. The molecule has 0 atom stereocenters. The van der Waals surface area contributed by atoms with Gasteiger partial charge in [-0.2, -0.15) is 0 Å². The summed E-state index contributed by atoms with van der Waals surface area (Å²) in [6.07, 6.45) is 0.506. The van der Waals surface area contributed by atoms with Gasteiger partial charge >= 0.3 is 0 Å². The van der Waals surface area contributed by atoms with Crippen LogP contribution < -0.4 is 5.32 Å². The van der Waals surface area contributed by atoms with Crippen molar-refractivity contribution in [2.24, 2.45) is 0 Å². The van der Waals surface area contributed by atoms with E-state index in [4.69, 9.17) is 0 Å². The molecule has 0 fully saturated rings. The van der Waals surface area contributed by atoms with E-state index in [1.54, 1.807) is 24.3 Å². The summed E-state index contributed by atoms with van der Waals surface area (Å²) in [5.74, 6) is 0.00441. The SMILES string of the molecule is CC(=O)Nc1ccc(C(=O)CCN(C)C)cc1. The zero-order valence-corrected chi connectivity index (χ0v) is 10.5. The van der Waals surface area contributed by atoms with Crippen molar-refractivity contribution in [3.05, 3.63) is 29.8 Å². The summed E-state index contributed by atoms with van der Waals surface area (Å²) in [4.78, 5) is 24.6. The Bertz CT molecular complexity index is 396. The average Bonchev–Trinajstić information content (AvgIpc) is 2.26. The second-order valence-electron chi connectivity index (χ2n) is 4.23. The lowest BCUT2D eigenvalue weighted by Gasteiger charge is -2.08. The van der Waals surface area contributed by atoms with Gasteiger partial charge in [-0.25, -0.2) is 0 Å². The minimum atomic E-state index is -0.114. The lowest BCUT2D eigenvalue weighted by Crippen LogP contribution is -2.16. The molecule has 0 radical (unpaired) electrons. The number of amides is 1. The van der Waals surface area contributed by atoms with E-state index >= 15 is 0 Å². The van der Waals surface area contributed by atoms with Crippen molar-refractivity contribution < 1.29 is 9.59 Å². The number of ketones is 1. The Morgan fingerprint density at radius 3 is 2.24 bits per heavy atom. The van der Waals surface area contributed by atoms with E-state index in [0.717, 1.165) is 6.54 Å². The number of carbonyl (C=O) groups excluding carboxylic acids is 2. The first-order valence-electron chi connectivity index (χ1n) is 5.54. The summed E-state index contributed by atoms with van der Waals surface area (Å²) in [5, 5.41) is 2.66. The third-order valence-corrected chi connectivity index (χ3v) is 2.31. The first-order chi connectivity index (χ1) is 7.99. The van der Waals surface area contributed by atoms with Gasteiger partial charge < -0.3 is 10.2 Å². The maximum atomic E-state index is 11.8. The predicted molar refractivity (Wildman–Crippen MR) is 68.2 cm³/mol. The number of hydrogen-bond donors (Lipinski definition) is 1. The lowest BCUT2D eigenvalue weighted by atomic mass is 10.1. The van der Waals surface area contributed by atoms with Gasteiger partial charge in [0.05, 0.1) is 0 Å². The fraction of sp³-hybridized carbons (Fsp3) is 0.385. The van der Waals surface area contributed by atoms with Gasteiger partial charge in [0.2, 0.25) is 5.91 Å². The van der Waals surface area contributed by atoms with Gasteiger partial charge in [-0.1, -0.05) is 0 Å². The van der Waals surface area contributed by atoms with Crippen LogP contribution in [0.25, 0.3) is 0 Å². The van der Waals surface area contributed by atoms with Crippen LogP contribution in [0.2, 0.25) is 0 Å². The van der Waals surface area contributed by atoms with E-state index < -0.39 is 0 Å². The Labute approximate surface area is 102 Å². The molecule has 1 aromatic rings. The van der Waals surface area contributed by atoms with Crippen LogP contribution in [0.15, 0.2) is 24.3 Å². The smallest absolute Gasteiger partial charge is 0.221 e. The summed E-state index contributed by atoms with van der Waals surface area (Å²) in [5.41, 5.74) is 1.39. The molecule has 4 heteroatoms. The van der Waals surface area contributed by atoms with Crippen molar-refractivity contribution in [1.29, 1.82) is 0 Å². The summed E-state index contributed by atoms with van der Waals surface area (Å²) < 4.78 is 0. The molecule has 1 N–H and O–H groups in total. The topological polar surface area (TPSA) is 49.4 Å². The molecule has 4 nitrogen and oxygen atoms in total. The fourth-order valence-electron chi connectivity index (χ4n) is 1.41. The highest BCUT2D eigenvalue weighted by atomic mass is 16.1. The molecule has 92 valence electrons. The molecule has 0 aromatic heterocycles. The molecule has 0 spiro atoms. The highest BCUT2D eigenvalue weighted by molar-refractivity contribution is 5.97. The van der Waals surface area contributed by atoms with E-state index in [1.807, 2.05) is 19.0 Å². The largest absolute Gasteiger partial charge is 0.326 e. The third kappa shape index (κ3) is 4.78. The van der Waals surface area contributed by atoms with Gasteiger partial charge in [-0.05, 0) is 38.4 Å². The van der Waals surface area contributed by atoms with Gasteiger partial charge in [-0.15, -0.1) is 0 Å². The predicted octanol–water partition coefficient (Wildman–Crippen LogP) is 1.78. The standard InChI is InChI=1S/C13H18N2O2/c1-10(16)14-12-6-4-11(5-7-12)13(17)8-9-15(2)3/h4-7H,8-9H2,1-3H3,(H,14,16). The van der Waals surface area contributed by atoms with Crippen LogP contribution in [-0.2, 0) is 4.79 Å². The number of nitrogens with one attached hydrogen (secondary N) is 1. The Morgan fingerprint density at radius 2 is 1.76 bits per heavy atom. The first kappa shape index (κ1) is 13.4. The van der Waals surface area contributed by atoms with Crippen molar-refractivity contribution in [2.45, 2.75) is 13.3 Å². The number of benzene rings is 1. The molecule has 0 aliphatic carbocycles. The highest BCUT2D eigenvalue weighted by Gasteiger charge is 2.06. The Balaban J connectivity index is 2.60. The zero-order valence-electron chi connectivity index (χ0n) is 10.5. The van der Waals surface area contributed by atoms with Crippen LogP contribution in [0.3, 0.4) is 0 Å². The Kier molecular flexibility index (Phi) is 4.84. The molecule has 1 aromatic carbocycles. The normalized spacial score (nSPS) is 10.4. The second kappa shape index (κ2) is 6.15. The van der Waals surface area contributed by atoms with Crippen molar-refractivity contribution >= 4 is 17.4 Å². The summed E-state index contributed by atoms with van der Waals surface area (Å²) in [7, 11) is 3.88. The number of Topliss-reactive ketones (excluding diaryl/α,β-unsaturated/α-hetero) is 1. The van der Waals surface area contributed by atoms with E-state index in [1.165, 1.54) is 6.92 Å². The maximum absolute atomic E-state index is 11.8. The quantitative estimate of drug-likeness (QED) is 0.790. The van der Waals surface area contributed by atoms with E-state index in [0.29, 0.717) is 17.7 Å². The molecule has 0 unspecified atom stereocenters. The minimum Gasteiger partial charge on any atom is -0.326 e. The van der Waals surface area contributed by atoms with Crippen molar-refractivity contribution in [2.75, 3.05) is 26.0 Å². The number of anilines is 1. The number of rotatable bonds is 5. The molecule has 1 amide bonds. The summed E-state index contributed by atoms with van der Waals surface area (Å²) in [6, 6.07) is 6.96. The Hall–Kier alpha value is -1.68. The molecule has 0 saturated carbocycles. The molecular weight excluding hydrogens is 216 g/mol. The lowest BCUT2D eigenvalue weighted by molar-refractivity contribution is -0.114. The molecule has 17 heavy (non-hydrogen) atoms. The fourth-order valence-corrected chi connectivity index (χ4v) is 1.41. The molecule has 0 bridgehead atoms. The van der Waals surface area contributed by atoms with Gasteiger partial charge in [0.15, 0.2) is 5.78 Å². The number of carbonyl (C=O) groups is 2. The molecule has 1 rings (SSSR count). The second-order valence-corrected chi connectivity index (χ2v) is 4.23. The van der Waals surface area contributed by atoms with E-state index in [-0.39, 0.29) is 11.7 Å². The molecule has 0 saturated heterocycles.